The molecule has 1 aromatic carbocycles. The molecule has 0 radical (unpaired) electrons. The van der Waals surface area contributed by atoms with Gasteiger partial charge in [-0.25, -0.2) is 0 Å². The molecule has 124 valence electrons. The molecular weight excluding hydrogens is 386 g/mol. The van der Waals surface area contributed by atoms with Crippen LogP contribution in [0, 0.1) is 11.3 Å². The van der Waals surface area contributed by atoms with Crippen LogP contribution < -0.4 is 5.32 Å². The molecule has 2 aromatic rings. The van der Waals surface area contributed by atoms with Crippen LogP contribution in [0.5, 0.6) is 0 Å². The number of fused-ring (bicyclic) bond motifs is 1. The highest BCUT2D eigenvalue weighted by Crippen LogP contribution is 2.38. The van der Waals surface area contributed by atoms with Gasteiger partial charge >= 0.3 is 0 Å². The maximum atomic E-state index is 12.3. The van der Waals surface area contributed by atoms with Crippen LogP contribution in [-0.2, 0) is 24.2 Å². The summed E-state index contributed by atoms with van der Waals surface area (Å²) in [7, 11) is 1.92. The SMILES string of the molecule is CN(CC(=O)Nc1sc2c(c1C#N)CCC2)Cc1ccccc1Br. The number of benzene rings is 1. The highest BCUT2D eigenvalue weighted by molar-refractivity contribution is 9.10. The van der Waals surface area contributed by atoms with Crippen molar-refractivity contribution >= 4 is 38.2 Å². The summed E-state index contributed by atoms with van der Waals surface area (Å²) in [5.74, 6) is -0.0824. The Labute approximate surface area is 154 Å². The van der Waals surface area contributed by atoms with E-state index in [9.17, 15) is 10.1 Å². The zero-order valence-electron chi connectivity index (χ0n) is 13.4. The van der Waals surface area contributed by atoms with E-state index in [0.29, 0.717) is 17.1 Å². The maximum Gasteiger partial charge on any atom is 0.239 e. The van der Waals surface area contributed by atoms with Gasteiger partial charge in [0, 0.05) is 15.9 Å². The van der Waals surface area contributed by atoms with Gasteiger partial charge in [-0.1, -0.05) is 34.1 Å². The lowest BCUT2D eigenvalue weighted by atomic mass is 10.1. The van der Waals surface area contributed by atoms with E-state index in [2.05, 4.69) is 27.3 Å². The molecule has 0 saturated heterocycles. The molecule has 1 aromatic heterocycles. The van der Waals surface area contributed by atoms with Gasteiger partial charge in [-0.3, -0.25) is 9.69 Å². The van der Waals surface area contributed by atoms with Gasteiger partial charge in [0.1, 0.15) is 11.1 Å². The Balaban J connectivity index is 1.62. The summed E-state index contributed by atoms with van der Waals surface area (Å²) in [6.45, 7) is 0.968. The summed E-state index contributed by atoms with van der Waals surface area (Å²) in [4.78, 5) is 15.5. The minimum Gasteiger partial charge on any atom is -0.315 e. The predicted octanol–water partition coefficient (Wildman–Crippen LogP) is 3.94. The van der Waals surface area contributed by atoms with Crippen molar-refractivity contribution in [1.29, 1.82) is 5.26 Å². The van der Waals surface area contributed by atoms with Gasteiger partial charge in [0.15, 0.2) is 0 Å². The van der Waals surface area contributed by atoms with E-state index < -0.39 is 0 Å². The standard InChI is InChI=1S/C18H18BrN3OS/c1-22(10-12-5-2-3-7-15(12)19)11-17(23)21-18-14(9-20)13-6-4-8-16(13)24-18/h2-3,5,7H,4,6,8,10-11H2,1H3,(H,21,23). The molecule has 6 heteroatoms. The molecule has 0 fully saturated rings. The summed E-state index contributed by atoms with van der Waals surface area (Å²) in [5, 5.41) is 13.0. The Morgan fingerprint density at radius 2 is 2.21 bits per heavy atom. The molecule has 1 N–H and O–H groups in total. The second-order valence-corrected chi connectivity index (χ2v) is 7.94. The molecule has 0 unspecified atom stereocenters. The molecular formula is C18H18BrN3OS. The summed E-state index contributed by atoms with van der Waals surface area (Å²) < 4.78 is 1.04. The minimum atomic E-state index is -0.0824. The number of rotatable bonds is 5. The molecule has 3 rings (SSSR count). The van der Waals surface area contributed by atoms with E-state index in [1.807, 2.05) is 36.2 Å². The Kier molecular flexibility index (Phi) is 5.34. The van der Waals surface area contributed by atoms with Crippen molar-refractivity contribution < 1.29 is 4.79 Å². The molecule has 1 amide bonds. The van der Waals surface area contributed by atoms with Crippen molar-refractivity contribution in [3.8, 4) is 6.07 Å². The average molecular weight is 404 g/mol. The van der Waals surface area contributed by atoms with Crippen LogP contribution in [0.1, 0.15) is 28.0 Å². The van der Waals surface area contributed by atoms with Crippen LogP contribution in [0.15, 0.2) is 28.7 Å². The lowest BCUT2D eigenvalue weighted by Gasteiger charge is -2.17. The Hall–Kier alpha value is -1.68. The van der Waals surface area contributed by atoms with E-state index in [4.69, 9.17) is 0 Å². The summed E-state index contributed by atoms with van der Waals surface area (Å²) in [6, 6.07) is 10.2. The van der Waals surface area contributed by atoms with Gasteiger partial charge in [0.25, 0.3) is 0 Å². The quantitative estimate of drug-likeness (QED) is 0.822. The second kappa shape index (κ2) is 7.47. The number of halogens is 1. The van der Waals surface area contributed by atoms with E-state index in [1.165, 1.54) is 4.88 Å². The molecule has 1 aliphatic rings. The van der Waals surface area contributed by atoms with Crippen LogP contribution in [0.3, 0.4) is 0 Å². The Morgan fingerprint density at radius 3 is 2.96 bits per heavy atom. The third kappa shape index (κ3) is 3.69. The first-order chi connectivity index (χ1) is 11.6. The summed E-state index contributed by atoms with van der Waals surface area (Å²) in [5.41, 5.74) is 2.94. The van der Waals surface area contributed by atoms with E-state index >= 15 is 0 Å². The van der Waals surface area contributed by atoms with Crippen LogP contribution in [0.4, 0.5) is 5.00 Å². The van der Waals surface area contributed by atoms with E-state index in [-0.39, 0.29) is 12.5 Å². The molecule has 24 heavy (non-hydrogen) atoms. The number of amides is 1. The third-order valence-corrected chi connectivity index (χ3v) is 6.08. The van der Waals surface area contributed by atoms with Crippen LogP contribution in [-0.4, -0.2) is 24.4 Å². The highest BCUT2D eigenvalue weighted by atomic mass is 79.9. The van der Waals surface area contributed by atoms with Crippen molar-refractivity contribution in [3.63, 3.8) is 0 Å². The zero-order chi connectivity index (χ0) is 17.1. The van der Waals surface area contributed by atoms with Gasteiger partial charge in [-0.2, -0.15) is 5.26 Å². The van der Waals surface area contributed by atoms with Crippen LogP contribution in [0.2, 0.25) is 0 Å². The number of nitriles is 1. The lowest BCUT2D eigenvalue weighted by Crippen LogP contribution is -2.29. The maximum absolute atomic E-state index is 12.3. The summed E-state index contributed by atoms with van der Waals surface area (Å²) in [6.07, 6.45) is 3.08. The molecule has 1 heterocycles. The molecule has 0 spiro atoms. The van der Waals surface area contributed by atoms with Crippen LogP contribution >= 0.6 is 27.3 Å². The van der Waals surface area contributed by atoms with Crippen LogP contribution in [0.25, 0.3) is 0 Å². The predicted molar refractivity (Wildman–Crippen MR) is 100 cm³/mol. The van der Waals surface area contributed by atoms with Gasteiger partial charge < -0.3 is 5.32 Å². The second-order valence-electron chi connectivity index (χ2n) is 5.99. The number of hydrogen-bond donors (Lipinski definition) is 1. The number of anilines is 1. The number of aryl methyl sites for hydroxylation is 1. The first-order valence-corrected chi connectivity index (χ1v) is 9.46. The van der Waals surface area contributed by atoms with Gasteiger partial charge in [0.2, 0.25) is 5.91 Å². The van der Waals surface area contributed by atoms with E-state index in [0.717, 1.165) is 34.9 Å². The first-order valence-electron chi connectivity index (χ1n) is 7.85. The number of nitrogens with one attached hydrogen (secondary N) is 1. The van der Waals surface area contributed by atoms with Gasteiger partial charge in [-0.05, 0) is 43.5 Å². The number of carbonyl (C=O) groups is 1. The topological polar surface area (TPSA) is 56.1 Å². The fourth-order valence-corrected chi connectivity index (χ4v) is 4.66. The number of hydrogen-bond acceptors (Lipinski definition) is 4. The molecule has 0 aliphatic heterocycles. The van der Waals surface area contributed by atoms with E-state index in [1.54, 1.807) is 11.3 Å². The number of likely N-dealkylation sites (N-methyl/N-ethyl adjacent to an activating group) is 1. The smallest absolute Gasteiger partial charge is 0.239 e. The average Bonchev–Trinajstić information content (AvgIpc) is 3.09. The normalized spacial score (nSPS) is 12.9. The molecule has 4 nitrogen and oxygen atoms in total. The largest absolute Gasteiger partial charge is 0.315 e. The van der Waals surface area contributed by atoms with Gasteiger partial charge in [-0.15, -0.1) is 11.3 Å². The zero-order valence-corrected chi connectivity index (χ0v) is 15.8. The van der Waals surface area contributed by atoms with Crippen molar-refractivity contribution in [1.82, 2.24) is 4.90 Å². The molecule has 0 atom stereocenters. The third-order valence-electron chi connectivity index (χ3n) is 4.10. The van der Waals surface area contributed by atoms with Crippen molar-refractivity contribution in [2.45, 2.75) is 25.8 Å². The first kappa shape index (κ1) is 17.2. The highest BCUT2D eigenvalue weighted by Gasteiger charge is 2.23. The molecule has 0 saturated carbocycles. The number of nitrogens with zero attached hydrogens (tertiary/aromatic N) is 2. The fourth-order valence-electron chi connectivity index (χ4n) is 3.00. The van der Waals surface area contributed by atoms with Gasteiger partial charge in [0.05, 0.1) is 12.1 Å². The van der Waals surface area contributed by atoms with Crippen molar-refractivity contribution in [3.05, 3.63) is 50.3 Å². The number of carbonyl (C=O) groups excluding carboxylic acids is 1. The Bertz CT molecular complexity index is 809. The minimum absolute atomic E-state index is 0.0824. The Morgan fingerprint density at radius 1 is 1.42 bits per heavy atom. The summed E-state index contributed by atoms with van der Waals surface area (Å²) >= 11 is 5.08. The number of thiophene rings is 1. The molecule has 1 aliphatic carbocycles. The fraction of sp³-hybridized carbons (Fsp3) is 0.333. The van der Waals surface area contributed by atoms with Crippen molar-refractivity contribution in [2.75, 3.05) is 18.9 Å². The lowest BCUT2D eigenvalue weighted by molar-refractivity contribution is -0.117. The van der Waals surface area contributed by atoms with Crippen molar-refractivity contribution in [2.24, 2.45) is 0 Å². The molecule has 0 bridgehead atoms. The monoisotopic (exact) mass is 403 g/mol.